The maximum Gasteiger partial charge on any atom is 0.269 e. The maximum absolute atomic E-state index is 13.2. The number of hydrogen-bond acceptors (Lipinski definition) is 5. The molecule has 0 saturated carbocycles. The minimum absolute atomic E-state index is 0.115. The zero-order valence-corrected chi connectivity index (χ0v) is 18.3. The van der Waals surface area contributed by atoms with Crippen molar-refractivity contribution in [1.29, 1.82) is 0 Å². The van der Waals surface area contributed by atoms with Gasteiger partial charge in [0.05, 0.1) is 10.6 Å². The molecular formula is C21H27N3O5S. The number of aryl methyl sites for hydroxylation is 2. The number of amides is 2. The summed E-state index contributed by atoms with van der Waals surface area (Å²) in [4.78, 5) is 23.9. The Hall–Kier alpha value is -2.91. The van der Waals surface area contributed by atoms with Crippen LogP contribution in [-0.2, 0) is 19.6 Å². The Morgan fingerprint density at radius 2 is 1.43 bits per heavy atom. The van der Waals surface area contributed by atoms with E-state index in [0.717, 1.165) is 15.4 Å². The van der Waals surface area contributed by atoms with E-state index in [0.29, 0.717) is 5.69 Å². The Balaban J connectivity index is 2.21. The topological polar surface area (TPSA) is 116 Å². The Labute approximate surface area is 176 Å². The maximum atomic E-state index is 13.2. The molecular weight excluding hydrogens is 406 g/mol. The van der Waals surface area contributed by atoms with Gasteiger partial charge in [0.2, 0.25) is 5.91 Å². The summed E-state index contributed by atoms with van der Waals surface area (Å²) < 4.78 is 27.6. The van der Waals surface area contributed by atoms with E-state index in [1.807, 2.05) is 13.8 Å². The molecule has 0 unspecified atom stereocenters. The Morgan fingerprint density at radius 1 is 0.933 bits per heavy atom. The summed E-state index contributed by atoms with van der Waals surface area (Å²) in [6.07, 6.45) is -0.203. The molecule has 2 aromatic rings. The van der Waals surface area contributed by atoms with Crippen LogP contribution in [0.5, 0.6) is 0 Å². The van der Waals surface area contributed by atoms with Gasteiger partial charge in [0, 0.05) is 13.0 Å². The van der Waals surface area contributed by atoms with Gasteiger partial charge in [0.25, 0.3) is 15.9 Å². The van der Waals surface area contributed by atoms with E-state index in [-0.39, 0.29) is 17.9 Å². The summed E-state index contributed by atoms with van der Waals surface area (Å²) in [7, 11) is -3.91. The second-order valence-corrected chi connectivity index (χ2v) is 9.40. The fourth-order valence-corrected chi connectivity index (χ4v) is 3.95. The summed E-state index contributed by atoms with van der Waals surface area (Å²) in [5.74, 6) is -1.37. The van der Waals surface area contributed by atoms with E-state index in [1.165, 1.54) is 26.0 Å². The largest absolute Gasteiger partial charge is 0.381 e. The molecule has 0 atom stereocenters. The molecule has 0 fully saturated rings. The molecule has 2 rings (SSSR count). The van der Waals surface area contributed by atoms with Crippen LogP contribution in [0.15, 0.2) is 53.4 Å². The Kier molecular flexibility index (Phi) is 7.22. The van der Waals surface area contributed by atoms with Crippen molar-refractivity contribution in [2.45, 2.75) is 44.6 Å². The van der Waals surface area contributed by atoms with Crippen molar-refractivity contribution in [2.75, 3.05) is 10.8 Å². The number of benzene rings is 2. The van der Waals surface area contributed by atoms with Gasteiger partial charge in [-0.2, -0.15) is 0 Å². The molecule has 8 nitrogen and oxygen atoms in total. The molecule has 30 heavy (non-hydrogen) atoms. The molecule has 0 radical (unpaired) electrons. The number of anilines is 1. The zero-order valence-electron chi connectivity index (χ0n) is 17.5. The smallest absolute Gasteiger partial charge is 0.269 e. The first-order chi connectivity index (χ1) is 13.9. The normalized spacial score (nSPS) is 11.6. The van der Waals surface area contributed by atoms with E-state index < -0.39 is 27.4 Å². The number of carbonyl (C=O) groups is 2. The number of carbonyl (C=O) groups excluding carboxylic acids is 2. The van der Waals surface area contributed by atoms with Gasteiger partial charge in [-0.3, -0.25) is 24.7 Å². The number of aliphatic hydroxyl groups is 1. The lowest BCUT2D eigenvalue weighted by atomic mass is 10.1. The van der Waals surface area contributed by atoms with Crippen molar-refractivity contribution in [1.82, 2.24) is 10.9 Å². The van der Waals surface area contributed by atoms with E-state index in [9.17, 15) is 23.1 Å². The predicted octanol–water partition coefficient (Wildman–Crippen LogP) is 1.81. The molecule has 0 aliphatic heterocycles. The van der Waals surface area contributed by atoms with Crippen molar-refractivity contribution in [3.63, 3.8) is 0 Å². The highest BCUT2D eigenvalue weighted by Gasteiger charge is 2.27. The van der Waals surface area contributed by atoms with Gasteiger partial charge in [0.1, 0.15) is 5.60 Å². The molecule has 0 aliphatic rings. The molecule has 0 spiro atoms. The van der Waals surface area contributed by atoms with Gasteiger partial charge in [-0.1, -0.05) is 35.4 Å². The third-order valence-corrected chi connectivity index (χ3v) is 6.19. The summed E-state index contributed by atoms with van der Waals surface area (Å²) in [6, 6.07) is 13.4. The second kappa shape index (κ2) is 9.27. The Morgan fingerprint density at radius 3 is 1.93 bits per heavy atom. The molecule has 0 saturated heterocycles. The van der Waals surface area contributed by atoms with Gasteiger partial charge in [-0.25, -0.2) is 8.42 Å². The van der Waals surface area contributed by atoms with Crippen molar-refractivity contribution in [3.05, 3.63) is 59.7 Å². The number of rotatable bonds is 7. The molecule has 9 heteroatoms. The van der Waals surface area contributed by atoms with Crippen molar-refractivity contribution >= 4 is 27.5 Å². The number of nitrogens with one attached hydrogen (secondary N) is 2. The van der Waals surface area contributed by atoms with Crippen molar-refractivity contribution < 1.29 is 23.1 Å². The van der Waals surface area contributed by atoms with Crippen LogP contribution in [0, 0.1) is 13.8 Å². The van der Waals surface area contributed by atoms with E-state index in [4.69, 9.17) is 0 Å². The van der Waals surface area contributed by atoms with E-state index in [2.05, 4.69) is 10.9 Å². The third kappa shape index (κ3) is 6.04. The predicted molar refractivity (Wildman–Crippen MR) is 114 cm³/mol. The molecule has 2 amide bonds. The number of nitrogens with zero attached hydrogens (tertiary/aromatic N) is 1. The molecule has 3 N–H and O–H groups in total. The van der Waals surface area contributed by atoms with Crippen LogP contribution in [0.4, 0.5) is 5.69 Å². The number of sulfonamides is 1. The first kappa shape index (κ1) is 23.4. The summed E-state index contributed by atoms with van der Waals surface area (Å²) in [5, 5.41) is 9.59. The lowest BCUT2D eigenvalue weighted by molar-refractivity contribution is -0.140. The molecule has 0 bridgehead atoms. The van der Waals surface area contributed by atoms with Gasteiger partial charge >= 0.3 is 0 Å². The van der Waals surface area contributed by atoms with Crippen LogP contribution >= 0.6 is 0 Å². The molecule has 0 heterocycles. The van der Waals surface area contributed by atoms with Crippen LogP contribution in [0.3, 0.4) is 0 Å². The summed E-state index contributed by atoms with van der Waals surface area (Å²) >= 11 is 0. The SMILES string of the molecule is Cc1ccc(N(CCC(=O)NNC(=O)C(C)(C)O)S(=O)(=O)c2ccc(C)cc2)cc1. The summed E-state index contributed by atoms with van der Waals surface area (Å²) in [5.41, 5.74) is 4.97. The average Bonchev–Trinajstić information content (AvgIpc) is 2.67. The average molecular weight is 434 g/mol. The van der Waals surface area contributed by atoms with Crippen molar-refractivity contribution in [3.8, 4) is 0 Å². The zero-order chi connectivity index (χ0) is 22.5. The van der Waals surface area contributed by atoms with Crippen LogP contribution in [0.1, 0.15) is 31.4 Å². The Bertz CT molecular complexity index is 994. The highest BCUT2D eigenvalue weighted by atomic mass is 32.2. The van der Waals surface area contributed by atoms with Gasteiger partial charge in [-0.05, 0) is 52.0 Å². The first-order valence-electron chi connectivity index (χ1n) is 9.39. The van der Waals surface area contributed by atoms with Crippen LogP contribution < -0.4 is 15.2 Å². The highest BCUT2D eigenvalue weighted by Crippen LogP contribution is 2.24. The summed E-state index contributed by atoms with van der Waals surface area (Å²) in [6.45, 7) is 6.18. The monoisotopic (exact) mass is 433 g/mol. The fourth-order valence-electron chi connectivity index (χ4n) is 2.48. The molecule has 0 aliphatic carbocycles. The molecule has 2 aromatic carbocycles. The minimum Gasteiger partial charge on any atom is -0.381 e. The molecule has 0 aromatic heterocycles. The van der Waals surface area contributed by atoms with Crippen LogP contribution in [0.2, 0.25) is 0 Å². The van der Waals surface area contributed by atoms with Crippen LogP contribution in [-0.4, -0.2) is 37.5 Å². The van der Waals surface area contributed by atoms with Crippen LogP contribution in [0.25, 0.3) is 0 Å². The second-order valence-electron chi connectivity index (χ2n) is 7.54. The molecule has 162 valence electrons. The first-order valence-corrected chi connectivity index (χ1v) is 10.8. The minimum atomic E-state index is -3.91. The van der Waals surface area contributed by atoms with E-state index in [1.54, 1.807) is 36.4 Å². The van der Waals surface area contributed by atoms with Gasteiger partial charge < -0.3 is 5.11 Å². The lowest BCUT2D eigenvalue weighted by Crippen LogP contribution is -2.51. The number of hydrogen-bond donors (Lipinski definition) is 3. The van der Waals surface area contributed by atoms with E-state index >= 15 is 0 Å². The fraction of sp³-hybridized carbons (Fsp3) is 0.333. The lowest BCUT2D eigenvalue weighted by Gasteiger charge is -2.25. The standard InChI is InChI=1S/C21H27N3O5S/c1-15-5-9-17(10-6-15)24(30(28,29)18-11-7-16(2)8-12-18)14-13-19(25)22-23-20(26)21(3,4)27/h5-12,27H,13-14H2,1-4H3,(H,22,25)(H,23,26). The quantitative estimate of drug-likeness (QED) is 0.576. The third-order valence-electron chi connectivity index (χ3n) is 4.34. The van der Waals surface area contributed by atoms with Crippen molar-refractivity contribution in [2.24, 2.45) is 0 Å². The number of hydrazine groups is 1. The highest BCUT2D eigenvalue weighted by molar-refractivity contribution is 7.92. The van der Waals surface area contributed by atoms with Gasteiger partial charge in [-0.15, -0.1) is 0 Å². The van der Waals surface area contributed by atoms with Gasteiger partial charge in [0.15, 0.2) is 0 Å².